The minimum absolute atomic E-state index is 0.344. The van der Waals surface area contributed by atoms with Gasteiger partial charge in [-0.2, -0.15) is 0 Å². The molecule has 0 unspecified atom stereocenters. The molecule has 29 heavy (non-hydrogen) atoms. The van der Waals surface area contributed by atoms with Crippen molar-refractivity contribution >= 4 is 29.2 Å². The Kier molecular flexibility index (Phi) is 3.62. The Balaban J connectivity index is 1.69. The molecule has 0 saturated carbocycles. The molecule has 6 nitrogen and oxygen atoms in total. The molecule has 0 spiro atoms. The second-order valence-electron chi connectivity index (χ2n) is 7.68. The van der Waals surface area contributed by atoms with Gasteiger partial charge in [0.25, 0.3) is 0 Å². The molecule has 2 aromatic carbocycles. The van der Waals surface area contributed by atoms with Crippen LogP contribution in [0.1, 0.15) is 10.4 Å². The SMILES string of the molecule is CN1C(=O)[C@]2(C(=O)c3ccccc3)C=C[C@H]1[C@H]1C(=O)N(c3ccccc3)C(=O)[C@H]12. The van der Waals surface area contributed by atoms with E-state index in [2.05, 4.69) is 0 Å². The van der Waals surface area contributed by atoms with Crippen molar-refractivity contribution in [3.63, 3.8) is 0 Å². The fourth-order valence-electron chi connectivity index (χ4n) is 4.96. The fourth-order valence-corrected chi connectivity index (χ4v) is 4.96. The van der Waals surface area contributed by atoms with Crippen molar-refractivity contribution in [3.8, 4) is 0 Å². The van der Waals surface area contributed by atoms with Crippen LogP contribution in [0.4, 0.5) is 5.69 Å². The fraction of sp³-hybridized carbons (Fsp3) is 0.217. The Morgan fingerprint density at radius 1 is 0.897 bits per heavy atom. The number of likely N-dealkylation sites (N-methyl/N-ethyl adjacent to an activating group) is 1. The standard InChI is InChI=1S/C23H18N2O4/c1-24-16-12-13-23(22(24)29,19(26)14-8-4-2-5-9-14)18-17(16)20(27)25(21(18)28)15-10-6-3-7-11-15/h2-13,16-18H,1H3/t16-,17+,18-,23+/m0/s1. The molecule has 1 aliphatic carbocycles. The third-order valence-corrected chi connectivity index (χ3v) is 6.31. The first kappa shape index (κ1) is 17.6. The van der Waals surface area contributed by atoms with Crippen molar-refractivity contribution in [2.75, 3.05) is 11.9 Å². The van der Waals surface area contributed by atoms with E-state index in [4.69, 9.17) is 0 Å². The molecule has 2 bridgehead atoms. The molecule has 144 valence electrons. The molecular weight excluding hydrogens is 368 g/mol. The minimum Gasteiger partial charge on any atom is -0.337 e. The van der Waals surface area contributed by atoms with Crippen LogP contribution in [0.15, 0.2) is 72.8 Å². The van der Waals surface area contributed by atoms with Gasteiger partial charge in [-0.3, -0.25) is 19.2 Å². The van der Waals surface area contributed by atoms with Crippen LogP contribution < -0.4 is 4.90 Å². The number of para-hydroxylation sites is 1. The number of fused-ring (bicyclic) bond motifs is 1. The van der Waals surface area contributed by atoms with Crippen LogP contribution in [0.25, 0.3) is 0 Å². The number of carbonyl (C=O) groups is 4. The van der Waals surface area contributed by atoms with Crippen molar-refractivity contribution in [1.82, 2.24) is 4.90 Å². The average Bonchev–Trinajstić information content (AvgIpc) is 3.04. The summed E-state index contributed by atoms with van der Waals surface area (Å²) in [4.78, 5) is 56.3. The van der Waals surface area contributed by atoms with E-state index in [9.17, 15) is 19.2 Å². The Hall–Kier alpha value is -3.54. The molecule has 2 saturated heterocycles. The highest BCUT2D eigenvalue weighted by molar-refractivity contribution is 6.29. The number of imide groups is 1. The van der Waals surface area contributed by atoms with Gasteiger partial charge in [0, 0.05) is 12.6 Å². The van der Waals surface area contributed by atoms with E-state index in [1.807, 2.05) is 0 Å². The summed E-state index contributed by atoms with van der Waals surface area (Å²) in [7, 11) is 1.59. The highest BCUT2D eigenvalue weighted by Gasteiger charge is 2.70. The average molecular weight is 386 g/mol. The molecule has 0 N–H and O–H groups in total. The zero-order chi connectivity index (χ0) is 20.3. The molecular formula is C23H18N2O4. The van der Waals surface area contributed by atoms with Crippen LogP contribution in [0.3, 0.4) is 0 Å². The van der Waals surface area contributed by atoms with Gasteiger partial charge < -0.3 is 4.90 Å². The van der Waals surface area contributed by atoms with E-state index in [0.29, 0.717) is 11.3 Å². The van der Waals surface area contributed by atoms with Crippen molar-refractivity contribution < 1.29 is 19.2 Å². The Morgan fingerprint density at radius 2 is 1.52 bits per heavy atom. The molecule has 3 aliphatic heterocycles. The lowest BCUT2D eigenvalue weighted by Crippen LogP contribution is -2.66. The zero-order valence-corrected chi connectivity index (χ0v) is 15.7. The summed E-state index contributed by atoms with van der Waals surface area (Å²) in [5.74, 6) is -3.56. The Bertz CT molecular complexity index is 1080. The number of hydrogen-bond donors (Lipinski definition) is 0. The topological polar surface area (TPSA) is 74.8 Å². The van der Waals surface area contributed by atoms with Gasteiger partial charge in [0.2, 0.25) is 17.7 Å². The monoisotopic (exact) mass is 386 g/mol. The van der Waals surface area contributed by atoms with Gasteiger partial charge in [0.1, 0.15) is 5.41 Å². The van der Waals surface area contributed by atoms with Gasteiger partial charge >= 0.3 is 0 Å². The first-order valence-electron chi connectivity index (χ1n) is 9.48. The molecule has 0 aromatic heterocycles. The summed E-state index contributed by atoms with van der Waals surface area (Å²) in [6.45, 7) is 0. The number of anilines is 1. The summed E-state index contributed by atoms with van der Waals surface area (Å²) in [6, 6.07) is 16.6. The molecule has 0 radical (unpaired) electrons. The Morgan fingerprint density at radius 3 is 2.17 bits per heavy atom. The van der Waals surface area contributed by atoms with Gasteiger partial charge in [-0.15, -0.1) is 0 Å². The largest absolute Gasteiger partial charge is 0.337 e. The maximum Gasteiger partial charge on any atom is 0.241 e. The number of hydrogen-bond acceptors (Lipinski definition) is 4. The molecule has 6 heteroatoms. The first-order chi connectivity index (χ1) is 14.0. The number of piperidine rings is 1. The maximum absolute atomic E-state index is 13.6. The zero-order valence-electron chi connectivity index (χ0n) is 15.7. The predicted molar refractivity (Wildman–Crippen MR) is 105 cm³/mol. The van der Waals surface area contributed by atoms with Gasteiger partial charge in [-0.25, -0.2) is 4.90 Å². The lowest BCUT2D eigenvalue weighted by atomic mass is 9.57. The molecule has 3 amide bonds. The Labute approximate surface area is 167 Å². The third kappa shape index (κ3) is 2.11. The van der Waals surface area contributed by atoms with Crippen LogP contribution in [0.5, 0.6) is 0 Å². The van der Waals surface area contributed by atoms with E-state index < -0.39 is 40.9 Å². The molecule has 2 aromatic rings. The maximum atomic E-state index is 13.6. The normalized spacial score (nSPS) is 30.1. The molecule has 6 rings (SSSR count). The summed E-state index contributed by atoms with van der Waals surface area (Å²) in [5, 5.41) is 0. The number of rotatable bonds is 3. The molecule has 2 fully saturated rings. The lowest BCUT2D eigenvalue weighted by molar-refractivity contribution is -0.154. The van der Waals surface area contributed by atoms with Crippen LogP contribution in [0.2, 0.25) is 0 Å². The number of Topliss-reactive ketones (excluding diaryl/α,β-unsaturated/α-hetero) is 1. The summed E-state index contributed by atoms with van der Waals surface area (Å²) in [5.41, 5.74) is -0.906. The number of carbonyl (C=O) groups excluding carboxylic acids is 4. The number of nitrogens with zero attached hydrogens (tertiary/aromatic N) is 2. The van der Waals surface area contributed by atoms with E-state index in [1.165, 1.54) is 4.90 Å². The predicted octanol–water partition coefficient (Wildman–Crippen LogP) is 2.07. The summed E-state index contributed by atoms with van der Waals surface area (Å²) in [6.07, 6.45) is 3.28. The molecule has 4 aliphatic rings. The van der Waals surface area contributed by atoms with Crippen LogP contribution >= 0.6 is 0 Å². The van der Waals surface area contributed by atoms with Crippen LogP contribution in [-0.4, -0.2) is 41.5 Å². The van der Waals surface area contributed by atoms with E-state index in [-0.39, 0.29) is 5.91 Å². The number of amides is 3. The van der Waals surface area contributed by atoms with Crippen LogP contribution in [-0.2, 0) is 14.4 Å². The van der Waals surface area contributed by atoms with Gasteiger partial charge in [0.15, 0.2) is 5.78 Å². The number of ketones is 1. The van der Waals surface area contributed by atoms with Crippen molar-refractivity contribution in [1.29, 1.82) is 0 Å². The second kappa shape index (κ2) is 5.98. The summed E-state index contributed by atoms with van der Waals surface area (Å²) < 4.78 is 0. The van der Waals surface area contributed by atoms with Crippen molar-refractivity contribution in [3.05, 3.63) is 78.4 Å². The van der Waals surface area contributed by atoms with E-state index >= 15 is 0 Å². The van der Waals surface area contributed by atoms with E-state index in [0.717, 1.165) is 4.90 Å². The summed E-state index contributed by atoms with van der Waals surface area (Å²) >= 11 is 0. The highest BCUT2D eigenvalue weighted by atomic mass is 16.2. The van der Waals surface area contributed by atoms with Crippen molar-refractivity contribution in [2.45, 2.75) is 6.04 Å². The van der Waals surface area contributed by atoms with Gasteiger partial charge in [-0.1, -0.05) is 60.7 Å². The van der Waals surface area contributed by atoms with Gasteiger partial charge in [0.05, 0.1) is 23.6 Å². The minimum atomic E-state index is -1.70. The first-order valence-corrected chi connectivity index (χ1v) is 9.48. The third-order valence-electron chi connectivity index (χ3n) is 6.31. The van der Waals surface area contributed by atoms with Crippen LogP contribution in [0, 0.1) is 17.3 Å². The smallest absolute Gasteiger partial charge is 0.241 e. The quantitative estimate of drug-likeness (QED) is 0.350. The van der Waals surface area contributed by atoms with E-state index in [1.54, 1.807) is 79.9 Å². The van der Waals surface area contributed by atoms with Gasteiger partial charge in [-0.05, 0) is 12.1 Å². The number of benzene rings is 2. The molecule has 4 atom stereocenters. The lowest BCUT2D eigenvalue weighted by Gasteiger charge is -2.50. The molecule has 3 heterocycles. The second-order valence-corrected chi connectivity index (χ2v) is 7.68. The highest BCUT2D eigenvalue weighted by Crippen LogP contribution is 2.54. The van der Waals surface area contributed by atoms with Crippen molar-refractivity contribution in [2.24, 2.45) is 17.3 Å².